The molecule has 2 N–H and O–H groups in total. The van der Waals surface area contributed by atoms with Gasteiger partial charge in [-0.3, -0.25) is 10.1 Å². The summed E-state index contributed by atoms with van der Waals surface area (Å²) in [5.74, 6) is 5.79. The van der Waals surface area contributed by atoms with E-state index in [2.05, 4.69) is 25.0 Å². The maximum atomic E-state index is 10.4. The van der Waals surface area contributed by atoms with Crippen LogP contribution < -0.4 is 5.73 Å². The molecule has 0 atom stereocenters. The molecular weight excluding hydrogens is 240 g/mol. The number of nitrogens with two attached hydrogens (primary N) is 1. The van der Waals surface area contributed by atoms with Crippen molar-refractivity contribution in [3.05, 3.63) is 82.1 Å². The molecule has 1 aromatic rings. The van der Waals surface area contributed by atoms with Crippen molar-refractivity contribution in [1.29, 1.82) is 0 Å². The first-order chi connectivity index (χ1) is 9.01. The molecule has 4 nitrogen and oxygen atoms in total. The number of allylic oxidation sites excluding steroid dienone is 3. The predicted octanol–water partition coefficient (Wildman–Crippen LogP) is 2.40. The van der Waals surface area contributed by atoms with Crippen molar-refractivity contribution < 1.29 is 4.92 Å². The van der Waals surface area contributed by atoms with Crippen LogP contribution in [0.15, 0.2) is 60.8 Å². The highest BCUT2D eigenvalue weighted by Gasteiger charge is 2.00. The minimum Gasteiger partial charge on any atom is -0.399 e. The lowest BCUT2D eigenvalue weighted by Gasteiger charge is -1.96. The molecule has 0 bridgehead atoms. The number of hydrogen-bond acceptors (Lipinski definition) is 3. The van der Waals surface area contributed by atoms with Crippen molar-refractivity contribution >= 4 is 0 Å². The zero-order valence-corrected chi connectivity index (χ0v) is 10.4. The zero-order valence-electron chi connectivity index (χ0n) is 10.4. The molecule has 1 rings (SSSR count). The van der Waals surface area contributed by atoms with Crippen LogP contribution in [0.3, 0.4) is 0 Å². The molecule has 19 heavy (non-hydrogen) atoms. The maximum Gasteiger partial charge on any atom is 0.228 e. The van der Waals surface area contributed by atoms with E-state index in [0.717, 1.165) is 0 Å². The van der Waals surface area contributed by atoms with E-state index in [0.29, 0.717) is 22.4 Å². The van der Waals surface area contributed by atoms with Crippen LogP contribution >= 0.6 is 0 Å². The Morgan fingerprint density at radius 2 is 2.26 bits per heavy atom. The predicted molar refractivity (Wildman–Crippen MR) is 75.6 cm³/mol. The summed E-state index contributed by atoms with van der Waals surface area (Å²) in [4.78, 5) is 10.1. The van der Waals surface area contributed by atoms with Gasteiger partial charge in [-0.15, -0.1) is 0 Å². The number of nitro groups is 1. The highest BCUT2D eigenvalue weighted by Crippen LogP contribution is 2.06. The van der Waals surface area contributed by atoms with Crippen LogP contribution in [0.25, 0.3) is 0 Å². The standard InChI is InChI=1S/C15H14N2O2/c1-3-13(9-12(2)16)7-8-14-5-4-6-15(10-14)11-17(18)19/h3-6,9-10H,1-2,11,16H2. The van der Waals surface area contributed by atoms with Crippen molar-refractivity contribution in [3.63, 3.8) is 0 Å². The average molecular weight is 254 g/mol. The zero-order chi connectivity index (χ0) is 14.3. The Hall–Kier alpha value is -2.80. The molecule has 1 aromatic carbocycles. The van der Waals surface area contributed by atoms with E-state index in [1.807, 2.05) is 0 Å². The quantitative estimate of drug-likeness (QED) is 0.388. The van der Waals surface area contributed by atoms with Gasteiger partial charge in [0.05, 0.1) is 0 Å². The average Bonchev–Trinajstić information content (AvgIpc) is 2.33. The number of rotatable bonds is 4. The first-order valence-corrected chi connectivity index (χ1v) is 5.52. The Bertz CT molecular complexity index is 604. The van der Waals surface area contributed by atoms with Gasteiger partial charge in [-0.1, -0.05) is 43.2 Å². The van der Waals surface area contributed by atoms with Gasteiger partial charge in [-0.25, -0.2) is 0 Å². The van der Waals surface area contributed by atoms with Gasteiger partial charge in [-0.05, 0) is 18.2 Å². The molecular formula is C15H14N2O2. The molecule has 0 aliphatic carbocycles. The molecule has 0 aromatic heterocycles. The molecule has 4 heteroatoms. The Morgan fingerprint density at radius 3 is 2.84 bits per heavy atom. The fourth-order valence-corrected chi connectivity index (χ4v) is 1.39. The van der Waals surface area contributed by atoms with Crippen LogP contribution in [-0.4, -0.2) is 4.92 Å². The lowest BCUT2D eigenvalue weighted by Crippen LogP contribution is -1.97. The number of hydrogen-bond donors (Lipinski definition) is 1. The highest BCUT2D eigenvalue weighted by molar-refractivity contribution is 5.47. The van der Waals surface area contributed by atoms with Crippen LogP contribution in [-0.2, 0) is 6.54 Å². The van der Waals surface area contributed by atoms with Crippen LogP contribution in [0.2, 0.25) is 0 Å². The minimum absolute atomic E-state index is 0.209. The Morgan fingerprint density at radius 1 is 1.53 bits per heavy atom. The van der Waals surface area contributed by atoms with Gasteiger partial charge >= 0.3 is 0 Å². The molecule has 0 aliphatic rings. The third kappa shape index (κ3) is 5.37. The third-order valence-electron chi connectivity index (χ3n) is 2.15. The largest absolute Gasteiger partial charge is 0.399 e. The van der Waals surface area contributed by atoms with Gasteiger partial charge in [0.2, 0.25) is 6.54 Å². The van der Waals surface area contributed by atoms with E-state index in [-0.39, 0.29) is 11.5 Å². The van der Waals surface area contributed by atoms with Crippen LogP contribution in [0.4, 0.5) is 0 Å². The summed E-state index contributed by atoms with van der Waals surface area (Å²) in [7, 11) is 0. The molecule has 0 saturated carbocycles. The maximum absolute atomic E-state index is 10.4. The fourth-order valence-electron chi connectivity index (χ4n) is 1.39. The second-order valence-electron chi connectivity index (χ2n) is 3.82. The van der Waals surface area contributed by atoms with Gasteiger partial charge in [0.15, 0.2) is 0 Å². The fraction of sp³-hybridized carbons (Fsp3) is 0.0667. The summed E-state index contributed by atoms with van der Waals surface area (Å²) >= 11 is 0. The summed E-state index contributed by atoms with van der Waals surface area (Å²) in [6, 6.07) is 6.91. The Kier molecular flexibility index (Phi) is 5.12. The van der Waals surface area contributed by atoms with Gasteiger partial charge in [-0.2, -0.15) is 0 Å². The van der Waals surface area contributed by atoms with Crippen molar-refractivity contribution in [1.82, 2.24) is 0 Å². The Labute approximate surface area is 112 Å². The van der Waals surface area contributed by atoms with Gasteiger partial charge in [0, 0.05) is 27.3 Å². The molecule has 0 heterocycles. The highest BCUT2D eigenvalue weighted by atomic mass is 16.6. The van der Waals surface area contributed by atoms with E-state index in [4.69, 9.17) is 5.73 Å². The second-order valence-corrected chi connectivity index (χ2v) is 3.82. The molecule has 0 spiro atoms. The van der Waals surface area contributed by atoms with Crippen LogP contribution in [0, 0.1) is 22.0 Å². The first kappa shape index (κ1) is 14.3. The topological polar surface area (TPSA) is 69.2 Å². The molecule has 0 aliphatic heterocycles. The second kappa shape index (κ2) is 6.82. The molecule has 0 saturated heterocycles. The van der Waals surface area contributed by atoms with E-state index < -0.39 is 0 Å². The van der Waals surface area contributed by atoms with Crippen molar-refractivity contribution in [2.45, 2.75) is 6.54 Å². The molecule has 0 amide bonds. The smallest absolute Gasteiger partial charge is 0.228 e. The van der Waals surface area contributed by atoms with Crippen molar-refractivity contribution in [3.8, 4) is 11.8 Å². The molecule has 0 unspecified atom stereocenters. The number of nitrogens with zero attached hydrogens (tertiary/aromatic N) is 1. The molecule has 0 radical (unpaired) electrons. The lowest BCUT2D eigenvalue weighted by molar-refractivity contribution is -0.496. The van der Waals surface area contributed by atoms with E-state index in [1.165, 1.54) is 0 Å². The van der Waals surface area contributed by atoms with Crippen molar-refractivity contribution in [2.24, 2.45) is 5.73 Å². The number of benzene rings is 1. The van der Waals surface area contributed by atoms with Gasteiger partial charge < -0.3 is 5.73 Å². The van der Waals surface area contributed by atoms with Crippen molar-refractivity contribution in [2.75, 3.05) is 0 Å². The van der Waals surface area contributed by atoms with E-state index in [1.54, 1.807) is 36.4 Å². The summed E-state index contributed by atoms with van der Waals surface area (Å²) in [6.45, 7) is 6.97. The third-order valence-corrected chi connectivity index (χ3v) is 2.15. The first-order valence-electron chi connectivity index (χ1n) is 5.52. The van der Waals surface area contributed by atoms with E-state index in [9.17, 15) is 10.1 Å². The lowest BCUT2D eigenvalue weighted by atomic mass is 10.1. The van der Waals surface area contributed by atoms with Crippen LogP contribution in [0.5, 0.6) is 0 Å². The summed E-state index contributed by atoms with van der Waals surface area (Å²) in [5.41, 5.74) is 7.81. The summed E-state index contributed by atoms with van der Waals surface area (Å²) in [5, 5.41) is 10.4. The molecule has 96 valence electrons. The summed E-state index contributed by atoms with van der Waals surface area (Å²) in [6.07, 6.45) is 3.19. The van der Waals surface area contributed by atoms with Gasteiger partial charge in [0.1, 0.15) is 0 Å². The minimum atomic E-state index is -0.375. The van der Waals surface area contributed by atoms with Gasteiger partial charge in [0.25, 0.3) is 0 Å². The monoisotopic (exact) mass is 254 g/mol. The summed E-state index contributed by atoms with van der Waals surface area (Å²) < 4.78 is 0. The van der Waals surface area contributed by atoms with Crippen LogP contribution in [0.1, 0.15) is 11.1 Å². The SMILES string of the molecule is C=CC(C#Cc1cccc(C[N+](=O)[O-])c1)=CC(=C)N. The van der Waals surface area contributed by atoms with E-state index >= 15 is 0 Å². The molecule has 0 fully saturated rings. The normalized spacial score (nSPS) is 10.2. The Balaban J connectivity index is 2.97.